The SMILES string of the molecule is CC=C1CCN([C@H](C)[C@](O)(Cn2cncn2)c2ccc(F)cc2F)CC1. The second-order valence-corrected chi connectivity index (χ2v) is 6.80. The fraction of sp³-hybridized carbons (Fsp3) is 0.474. The molecule has 0 bridgehead atoms. The molecule has 3 rings (SSSR count). The predicted octanol–water partition coefficient (Wildman–Crippen LogP) is 2.87. The summed E-state index contributed by atoms with van der Waals surface area (Å²) in [7, 11) is 0. The zero-order chi connectivity index (χ0) is 18.7. The Hall–Kier alpha value is -2.12. The molecule has 0 saturated carbocycles. The van der Waals surface area contributed by atoms with Gasteiger partial charge < -0.3 is 5.11 Å². The molecule has 5 nitrogen and oxygen atoms in total. The molecule has 7 heteroatoms. The monoisotopic (exact) mass is 362 g/mol. The zero-order valence-electron chi connectivity index (χ0n) is 15.1. The zero-order valence-corrected chi connectivity index (χ0v) is 15.1. The van der Waals surface area contributed by atoms with E-state index in [-0.39, 0.29) is 18.2 Å². The molecule has 1 aromatic heterocycles. The summed E-state index contributed by atoms with van der Waals surface area (Å²) < 4.78 is 29.4. The van der Waals surface area contributed by atoms with Gasteiger partial charge in [0.25, 0.3) is 0 Å². The lowest BCUT2D eigenvalue weighted by atomic mass is 9.84. The molecule has 1 aromatic carbocycles. The van der Waals surface area contributed by atoms with Crippen molar-refractivity contribution in [2.75, 3.05) is 13.1 Å². The maximum Gasteiger partial charge on any atom is 0.137 e. The van der Waals surface area contributed by atoms with Crippen LogP contribution in [0.1, 0.15) is 32.3 Å². The maximum atomic E-state index is 14.5. The van der Waals surface area contributed by atoms with Gasteiger partial charge >= 0.3 is 0 Å². The lowest BCUT2D eigenvalue weighted by molar-refractivity contribution is -0.0657. The van der Waals surface area contributed by atoms with Gasteiger partial charge in [-0.25, -0.2) is 18.4 Å². The van der Waals surface area contributed by atoms with Crippen LogP contribution >= 0.6 is 0 Å². The minimum atomic E-state index is -1.57. The predicted molar refractivity (Wildman–Crippen MR) is 94.3 cm³/mol. The summed E-state index contributed by atoms with van der Waals surface area (Å²) >= 11 is 0. The fourth-order valence-electron chi connectivity index (χ4n) is 3.63. The molecule has 0 unspecified atom stereocenters. The molecule has 0 radical (unpaired) electrons. The van der Waals surface area contributed by atoms with E-state index in [2.05, 4.69) is 21.1 Å². The molecule has 140 valence electrons. The summed E-state index contributed by atoms with van der Waals surface area (Å²) in [6.07, 6.45) is 6.82. The van der Waals surface area contributed by atoms with Crippen molar-refractivity contribution in [2.45, 2.75) is 44.9 Å². The number of allylic oxidation sites excluding steroid dienone is 1. The summed E-state index contributed by atoms with van der Waals surface area (Å²) in [5.41, 5.74) is -0.112. The molecule has 1 fully saturated rings. The Morgan fingerprint density at radius 2 is 2.04 bits per heavy atom. The van der Waals surface area contributed by atoms with Crippen molar-refractivity contribution in [3.63, 3.8) is 0 Å². The van der Waals surface area contributed by atoms with Gasteiger partial charge in [-0.1, -0.05) is 17.7 Å². The van der Waals surface area contributed by atoms with E-state index in [0.717, 1.165) is 32.0 Å². The van der Waals surface area contributed by atoms with E-state index in [0.29, 0.717) is 0 Å². The van der Waals surface area contributed by atoms with Gasteiger partial charge in [-0.3, -0.25) is 4.90 Å². The van der Waals surface area contributed by atoms with Crippen molar-refractivity contribution in [3.05, 3.63) is 59.7 Å². The molecule has 0 aliphatic carbocycles. The summed E-state index contributed by atoms with van der Waals surface area (Å²) in [4.78, 5) is 6.04. The van der Waals surface area contributed by atoms with Crippen LogP contribution in [-0.2, 0) is 12.1 Å². The van der Waals surface area contributed by atoms with Crippen LogP contribution in [0.4, 0.5) is 8.78 Å². The molecular weight excluding hydrogens is 338 g/mol. The Kier molecular flexibility index (Phi) is 5.48. The van der Waals surface area contributed by atoms with Crippen LogP contribution < -0.4 is 0 Å². The van der Waals surface area contributed by atoms with Gasteiger partial charge in [-0.15, -0.1) is 0 Å². The van der Waals surface area contributed by atoms with Crippen LogP contribution in [0, 0.1) is 11.6 Å². The number of rotatable bonds is 5. The van der Waals surface area contributed by atoms with Crippen molar-refractivity contribution in [2.24, 2.45) is 0 Å². The number of piperidine rings is 1. The van der Waals surface area contributed by atoms with Crippen LogP contribution in [0.15, 0.2) is 42.5 Å². The largest absolute Gasteiger partial charge is 0.381 e. The standard InChI is InChI=1S/C19H24F2N4O/c1-3-15-6-8-24(9-7-15)14(2)19(26,11-25-13-22-12-23-25)17-5-4-16(20)10-18(17)21/h3-5,10,12-14,26H,6-9,11H2,1-2H3/t14-,19-/m1/s1. The van der Waals surface area contributed by atoms with Gasteiger partial charge in [0.2, 0.25) is 0 Å². The van der Waals surface area contributed by atoms with Crippen LogP contribution in [0.3, 0.4) is 0 Å². The Bertz CT molecular complexity index is 768. The van der Waals surface area contributed by atoms with Crippen molar-refractivity contribution < 1.29 is 13.9 Å². The van der Waals surface area contributed by atoms with E-state index in [1.54, 1.807) is 0 Å². The lowest BCUT2D eigenvalue weighted by Gasteiger charge is -2.43. The van der Waals surface area contributed by atoms with Crippen molar-refractivity contribution in [1.29, 1.82) is 0 Å². The first kappa shape index (κ1) is 18.7. The quantitative estimate of drug-likeness (QED) is 0.831. The molecule has 0 amide bonds. The molecule has 2 atom stereocenters. The van der Waals surface area contributed by atoms with E-state index in [1.165, 1.54) is 35.0 Å². The summed E-state index contributed by atoms with van der Waals surface area (Å²) in [5.74, 6) is -1.43. The Labute approximate surface area is 152 Å². The molecule has 2 heterocycles. The average molecular weight is 362 g/mol. The number of nitrogens with zero attached hydrogens (tertiary/aromatic N) is 4. The Morgan fingerprint density at radius 3 is 2.62 bits per heavy atom. The van der Waals surface area contributed by atoms with E-state index in [4.69, 9.17) is 0 Å². The van der Waals surface area contributed by atoms with Gasteiger partial charge in [0, 0.05) is 30.8 Å². The highest BCUT2D eigenvalue weighted by atomic mass is 19.1. The number of aliphatic hydroxyl groups is 1. The van der Waals surface area contributed by atoms with E-state index < -0.39 is 17.2 Å². The number of benzene rings is 1. The smallest absolute Gasteiger partial charge is 0.137 e. The molecule has 2 aromatic rings. The van der Waals surface area contributed by atoms with Crippen LogP contribution in [0.5, 0.6) is 0 Å². The number of hydrogen-bond acceptors (Lipinski definition) is 4. The fourth-order valence-corrected chi connectivity index (χ4v) is 3.63. The first-order valence-electron chi connectivity index (χ1n) is 8.82. The molecular formula is C19H24F2N4O. The molecule has 26 heavy (non-hydrogen) atoms. The second kappa shape index (κ2) is 7.63. The van der Waals surface area contributed by atoms with Crippen LogP contribution in [0.2, 0.25) is 0 Å². The van der Waals surface area contributed by atoms with Crippen molar-refractivity contribution in [3.8, 4) is 0 Å². The molecule has 1 aliphatic heterocycles. The highest BCUT2D eigenvalue weighted by molar-refractivity contribution is 5.27. The lowest BCUT2D eigenvalue weighted by Crippen LogP contribution is -2.53. The van der Waals surface area contributed by atoms with Crippen molar-refractivity contribution >= 4 is 0 Å². The summed E-state index contributed by atoms with van der Waals surface area (Å²) in [5, 5.41) is 15.6. The first-order chi connectivity index (χ1) is 12.4. The van der Waals surface area contributed by atoms with Gasteiger partial charge in [0.05, 0.1) is 6.54 Å². The molecule has 1 saturated heterocycles. The van der Waals surface area contributed by atoms with Gasteiger partial charge in [0.15, 0.2) is 0 Å². The second-order valence-electron chi connectivity index (χ2n) is 6.80. The van der Waals surface area contributed by atoms with E-state index in [1.807, 2.05) is 13.8 Å². The first-order valence-corrected chi connectivity index (χ1v) is 8.82. The van der Waals surface area contributed by atoms with Crippen LogP contribution in [0.25, 0.3) is 0 Å². The summed E-state index contributed by atoms with van der Waals surface area (Å²) in [6.45, 7) is 5.50. The third-order valence-electron chi connectivity index (χ3n) is 5.35. The highest BCUT2D eigenvalue weighted by Gasteiger charge is 2.42. The minimum Gasteiger partial charge on any atom is -0.381 e. The summed E-state index contributed by atoms with van der Waals surface area (Å²) in [6, 6.07) is 2.91. The number of halogens is 2. The van der Waals surface area contributed by atoms with Crippen LogP contribution in [-0.4, -0.2) is 43.9 Å². The topological polar surface area (TPSA) is 54.2 Å². The maximum absolute atomic E-state index is 14.5. The third-order valence-corrected chi connectivity index (χ3v) is 5.35. The molecule has 0 spiro atoms. The van der Waals surface area contributed by atoms with E-state index >= 15 is 0 Å². The minimum absolute atomic E-state index is 0.0314. The third kappa shape index (κ3) is 3.68. The Morgan fingerprint density at radius 1 is 1.31 bits per heavy atom. The van der Waals surface area contributed by atoms with Gasteiger partial charge in [-0.2, -0.15) is 5.10 Å². The average Bonchev–Trinajstić information content (AvgIpc) is 3.13. The Balaban J connectivity index is 1.94. The molecule has 1 aliphatic rings. The van der Waals surface area contributed by atoms with Crippen molar-refractivity contribution in [1.82, 2.24) is 19.7 Å². The normalized spacial score (nSPS) is 19.2. The number of hydrogen-bond donors (Lipinski definition) is 1. The number of aromatic nitrogens is 3. The highest BCUT2D eigenvalue weighted by Crippen LogP contribution is 2.34. The van der Waals surface area contributed by atoms with E-state index in [9.17, 15) is 13.9 Å². The molecule has 1 N–H and O–H groups in total. The van der Waals surface area contributed by atoms with Gasteiger partial charge in [-0.05, 0) is 32.8 Å². The number of likely N-dealkylation sites (tertiary alicyclic amines) is 1. The van der Waals surface area contributed by atoms with Gasteiger partial charge in [0.1, 0.15) is 29.9 Å².